The second-order valence-corrected chi connectivity index (χ2v) is 6.46. The first kappa shape index (κ1) is 13.1. The summed E-state index contributed by atoms with van der Waals surface area (Å²) in [7, 11) is 0. The monoisotopic (exact) mass is 251 g/mol. The van der Waals surface area contributed by atoms with E-state index in [-0.39, 0.29) is 0 Å². The van der Waals surface area contributed by atoms with Crippen molar-refractivity contribution in [3.8, 4) is 0 Å². The van der Waals surface area contributed by atoms with Gasteiger partial charge in [0, 0.05) is 16.3 Å². The van der Waals surface area contributed by atoms with Crippen molar-refractivity contribution in [1.82, 2.24) is 5.32 Å². The Labute approximate surface area is 110 Å². The predicted molar refractivity (Wildman–Crippen MR) is 76.6 cm³/mol. The van der Waals surface area contributed by atoms with Gasteiger partial charge in [0.1, 0.15) is 0 Å². The highest BCUT2D eigenvalue weighted by Gasteiger charge is 2.11. The SMILES string of the molecule is CCc1ccc(CNCC2CCCCCC2)s1. The Morgan fingerprint density at radius 2 is 1.82 bits per heavy atom. The van der Waals surface area contributed by atoms with Gasteiger partial charge < -0.3 is 5.32 Å². The Bertz CT molecular complexity index is 310. The summed E-state index contributed by atoms with van der Waals surface area (Å²) in [6, 6.07) is 4.55. The number of nitrogens with one attached hydrogen (secondary N) is 1. The molecule has 1 aliphatic rings. The van der Waals surface area contributed by atoms with Gasteiger partial charge in [-0.3, -0.25) is 0 Å². The van der Waals surface area contributed by atoms with Gasteiger partial charge in [-0.1, -0.05) is 32.6 Å². The maximum absolute atomic E-state index is 3.65. The van der Waals surface area contributed by atoms with E-state index in [9.17, 15) is 0 Å². The molecule has 1 aromatic heterocycles. The number of hydrogen-bond donors (Lipinski definition) is 1. The molecule has 0 saturated heterocycles. The first-order valence-electron chi connectivity index (χ1n) is 7.16. The molecule has 2 rings (SSSR count). The lowest BCUT2D eigenvalue weighted by Crippen LogP contribution is -2.21. The van der Waals surface area contributed by atoms with E-state index in [0.717, 1.165) is 12.5 Å². The molecule has 1 aromatic rings. The molecule has 0 radical (unpaired) electrons. The molecule has 96 valence electrons. The molecular formula is C15H25NS. The molecule has 1 saturated carbocycles. The summed E-state index contributed by atoms with van der Waals surface area (Å²) in [5, 5.41) is 3.65. The number of hydrogen-bond acceptors (Lipinski definition) is 2. The smallest absolute Gasteiger partial charge is 0.0299 e. The van der Waals surface area contributed by atoms with Crippen LogP contribution in [0.3, 0.4) is 0 Å². The Balaban J connectivity index is 1.67. The molecule has 0 aromatic carbocycles. The first-order chi connectivity index (χ1) is 8.38. The van der Waals surface area contributed by atoms with Gasteiger partial charge in [0.15, 0.2) is 0 Å². The fraction of sp³-hybridized carbons (Fsp3) is 0.733. The van der Waals surface area contributed by atoms with Crippen LogP contribution in [0, 0.1) is 5.92 Å². The Hall–Kier alpha value is -0.340. The van der Waals surface area contributed by atoms with Crippen LogP contribution in [0.2, 0.25) is 0 Å². The van der Waals surface area contributed by atoms with Crippen molar-refractivity contribution in [3.63, 3.8) is 0 Å². The fourth-order valence-electron chi connectivity index (χ4n) is 2.67. The van der Waals surface area contributed by atoms with E-state index in [4.69, 9.17) is 0 Å². The van der Waals surface area contributed by atoms with Gasteiger partial charge in [0.05, 0.1) is 0 Å². The summed E-state index contributed by atoms with van der Waals surface area (Å²) < 4.78 is 0. The Morgan fingerprint density at radius 3 is 2.47 bits per heavy atom. The Kier molecular flexibility index (Phi) is 5.53. The zero-order valence-electron chi connectivity index (χ0n) is 11.0. The molecule has 0 unspecified atom stereocenters. The lowest BCUT2D eigenvalue weighted by atomic mass is 10.0. The van der Waals surface area contributed by atoms with Crippen molar-refractivity contribution in [2.75, 3.05) is 6.54 Å². The van der Waals surface area contributed by atoms with Crippen LogP contribution in [0.25, 0.3) is 0 Å². The highest BCUT2D eigenvalue weighted by Crippen LogP contribution is 2.22. The summed E-state index contributed by atoms with van der Waals surface area (Å²) in [5.74, 6) is 0.933. The molecule has 0 amide bonds. The molecule has 1 aliphatic carbocycles. The minimum Gasteiger partial charge on any atom is -0.312 e. The van der Waals surface area contributed by atoms with Crippen molar-refractivity contribution in [2.45, 2.75) is 58.4 Å². The third-order valence-corrected chi connectivity index (χ3v) is 5.00. The fourth-order valence-corrected chi connectivity index (χ4v) is 3.60. The molecule has 0 bridgehead atoms. The van der Waals surface area contributed by atoms with Crippen LogP contribution >= 0.6 is 11.3 Å². The van der Waals surface area contributed by atoms with Crippen molar-refractivity contribution in [2.24, 2.45) is 5.92 Å². The van der Waals surface area contributed by atoms with Gasteiger partial charge in [-0.15, -0.1) is 11.3 Å². The van der Waals surface area contributed by atoms with Crippen LogP contribution in [0.4, 0.5) is 0 Å². The summed E-state index contributed by atoms with van der Waals surface area (Å²) in [4.78, 5) is 3.01. The number of rotatable bonds is 5. The predicted octanol–water partition coefficient (Wildman–Crippen LogP) is 4.37. The largest absolute Gasteiger partial charge is 0.312 e. The number of aryl methyl sites for hydroxylation is 1. The summed E-state index contributed by atoms with van der Waals surface area (Å²) >= 11 is 1.96. The van der Waals surface area contributed by atoms with Crippen molar-refractivity contribution in [1.29, 1.82) is 0 Å². The highest BCUT2D eigenvalue weighted by atomic mass is 32.1. The van der Waals surface area contributed by atoms with E-state index in [1.54, 1.807) is 0 Å². The van der Waals surface area contributed by atoms with Gasteiger partial charge in [-0.2, -0.15) is 0 Å². The van der Waals surface area contributed by atoms with Crippen molar-refractivity contribution >= 4 is 11.3 Å². The van der Waals surface area contributed by atoms with E-state index in [1.165, 1.54) is 61.2 Å². The minimum atomic E-state index is 0.933. The standard InChI is InChI=1S/C15H25NS/c1-2-14-9-10-15(17-14)12-16-11-13-7-5-3-4-6-8-13/h9-10,13,16H,2-8,11-12H2,1H3. The van der Waals surface area contributed by atoms with Crippen LogP contribution in [-0.2, 0) is 13.0 Å². The third kappa shape index (κ3) is 4.44. The highest BCUT2D eigenvalue weighted by molar-refractivity contribution is 7.11. The van der Waals surface area contributed by atoms with Gasteiger partial charge in [-0.05, 0) is 43.9 Å². The van der Waals surface area contributed by atoms with Crippen LogP contribution in [0.1, 0.15) is 55.2 Å². The topological polar surface area (TPSA) is 12.0 Å². The van der Waals surface area contributed by atoms with Crippen LogP contribution < -0.4 is 5.32 Å². The summed E-state index contributed by atoms with van der Waals surface area (Å²) in [6.07, 6.45) is 9.88. The molecule has 0 atom stereocenters. The number of thiophene rings is 1. The second kappa shape index (κ2) is 7.17. The molecule has 0 aliphatic heterocycles. The third-order valence-electron chi connectivity index (χ3n) is 3.77. The van der Waals surface area contributed by atoms with Gasteiger partial charge in [0.2, 0.25) is 0 Å². The van der Waals surface area contributed by atoms with Crippen LogP contribution in [0.15, 0.2) is 12.1 Å². The molecule has 1 heterocycles. The minimum absolute atomic E-state index is 0.933. The molecule has 1 fully saturated rings. The summed E-state index contributed by atoms with van der Waals surface area (Å²) in [5.41, 5.74) is 0. The van der Waals surface area contributed by atoms with E-state index in [2.05, 4.69) is 24.4 Å². The van der Waals surface area contributed by atoms with E-state index >= 15 is 0 Å². The molecular weight excluding hydrogens is 226 g/mol. The van der Waals surface area contributed by atoms with Gasteiger partial charge in [-0.25, -0.2) is 0 Å². The lowest BCUT2D eigenvalue weighted by Gasteiger charge is -2.14. The molecule has 2 heteroatoms. The zero-order chi connectivity index (χ0) is 11.9. The molecule has 1 N–H and O–H groups in total. The normalized spacial score (nSPS) is 18.2. The Morgan fingerprint density at radius 1 is 1.12 bits per heavy atom. The quantitative estimate of drug-likeness (QED) is 0.766. The molecule has 17 heavy (non-hydrogen) atoms. The molecule has 1 nitrogen and oxygen atoms in total. The first-order valence-corrected chi connectivity index (χ1v) is 7.98. The van der Waals surface area contributed by atoms with E-state index < -0.39 is 0 Å². The maximum Gasteiger partial charge on any atom is 0.0299 e. The maximum atomic E-state index is 3.65. The van der Waals surface area contributed by atoms with Crippen LogP contribution in [-0.4, -0.2) is 6.54 Å². The van der Waals surface area contributed by atoms with Crippen molar-refractivity contribution in [3.05, 3.63) is 21.9 Å². The van der Waals surface area contributed by atoms with Gasteiger partial charge in [0.25, 0.3) is 0 Å². The summed E-state index contributed by atoms with van der Waals surface area (Å²) in [6.45, 7) is 4.52. The zero-order valence-corrected chi connectivity index (χ0v) is 11.8. The average molecular weight is 251 g/mol. The van der Waals surface area contributed by atoms with E-state index in [1.807, 2.05) is 11.3 Å². The van der Waals surface area contributed by atoms with Gasteiger partial charge >= 0.3 is 0 Å². The second-order valence-electron chi connectivity index (χ2n) is 5.21. The van der Waals surface area contributed by atoms with Crippen LogP contribution in [0.5, 0.6) is 0 Å². The molecule has 0 spiro atoms. The average Bonchev–Trinajstić information content (AvgIpc) is 2.65. The van der Waals surface area contributed by atoms with E-state index in [0.29, 0.717) is 0 Å². The van der Waals surface area contributed by atoms with Crippen molar-refractivity contribution < 1.29 is 0 Å². The lowest BCUT2D eigenvalue weighted by molar-refractivity contribution is 0.426.